The molecule has 26 heavy (non-hydrogen) atoms. The lowest BCUT2D eigenvalue weighted by Crippen LogP contribution is -2.52. The number of nitrogens with zero attached hydrogens (tertiary/aromatic N) is 2. The summed E-state index contributed by atoms with van der Waals surface area (Å²) in [7, 11) is 0. The Labute approximate surface area is 161 Å². The van der Waals surface area contributed by atoms with Crippen molar-refractivity contribution >= 4 is 11.6 Å². The fourth-order valence-corrected chi connectivity index (χ4v) is 4.50. The number of piperidine rings is 1. The van der Waals surface area contributed by atoms with Crippen LogP contribution in [0.4, 0.5) is 0 Å². The van der Waals surface area contributed by atoms with E-state index in [4.69, 9.17) is 16.3 Å². The van der Waals surface area contributed by atoms with Crippen molar-refractivity contribution < 1.29 is 4.74 Å². The van der Waals surface area contributed by atoms with Gasteiger partial charge < -0.3 is 4.74 Å². The van der Waals surface area contributed by atoms with Crippen molar-refractivity contribution in [3.05, 3.63) is 70.7 Å². The van der Waals surface area contributed by atoms with Crippen LogP contribution in [0, 0.1) is 0 Å². The number of ether oxygens (including phenoxy) is 1. The maximum atomic E-state index is 6.13. The molecule has 2 aromatic carbocycles. The summed E-state index contributed by atoms with van der Waals surface area (Å²) >= 11 is 6.13. The lowest BCUT2D eigenvalue weighted by molar-refractivity contribution is -0.00731. The smallest absolute Gasteiger partial charge is 0.0594 e. The van der Waals surface area contributed by atoms with E-state index in [1.807, 2.05) is 12.1 Å². The molecule has 0 bridgehead atoms. The molecule has 2 atom stereocenters. The van der Waals surface area contributed by atoms with E-state index in [1.165, 1.54) is 17.5 Å². The molecule has 0 aliphatic carbocycles. The predicted molar refractivity (Wildman–Crippen MR) is 107 cm³/mol. The summed E-state index contributed by atoms with van der Waals surface area (Å²) in [5.74, 6) is 0.517. The largest absolute Gasteiger partial charge is 0.379 e. The van der Waals surface area contributed by atoms with Gasteiger partial charge in [0, 0.05) is 49.7 Å². The first-order chi connectivity index (χ1) is 12.8. The molecule has 4 heteroatoms. The third-order valence-electron chi connectivity index (χ3n) is 5.72. The molecule has 2 aliphatic heterocycles. The molecular weight excluding hydrogens is 344 g/mol. The van der Waals surface area contributed by atoms with Crippen LogP contribution >= 0.6 is 11.6 Å². The second-order valence-corrected chi connectivity index (χ2v) is 7.82. The Hall–Kier alpha value is -1.39. The van der Waals surface area contributed by atoms with Gasteiger partial charge in [-0.05, 0) is 29.7 Å². The molecule has 0 spiro atoms. The highest BCUT2D eigenvalue weighted by Gasteiger charge is 2.34. The lowest BCUT2D eigenvalue weighted by Gasteiger charge is -2.45. The van der Waals surface area contributed by atoms with Gasteiger partial charge in [-0.15, -0.1) is 0 Å². The quantitative estimate of drug-likeness (QED) is 0.808. The minimum Gasteiger partial charge on any atom is -0.379 e. The minimum absolute atomic E-state index is 0.517. The summed E-state index contributed by atoms with van der Waals surface area (Å²) in [5, 5.41) is 0.814. The minimum atomic E-state index is 0.517. The van der Waals surface area contributed by atoms with Gasteiger partial charge in [0.15, 0.2) is 0 Å². The van der Waals surface area contributed by atoms with Crippen LogP contribution in [-0.4, -0.2) is 55.2 Å². The first-order valence-corrected chi connectivity index (χ1v) is 10.0. The van der Waals surface area contributed by atoms with Gasteiger partial charge in [-0.2, -0.15) is 0 Å². The van der Waals surface area contributed by atoms with Crippen LogP contribution in [0.2, 0.25) is 5.02 Å². The number of benzene rings is 2. The molecular formula is C22H27ClN2O. The molecule has 2 saturated heterocycles. The van der Waals surface area contributed by atoms with Crippen molar-refractivity contribution in [2.24, 2.45) is 0 Å². The number of halogens is 1. The fourth-order valence-electron chi connectivity index (χ4n) is 4.38. The van der Waals surface area contributed by atoms with E-state index in [0.29, 0.717) is 12.0 Å². The summed E-state index contributed by atoms with van der Waals surface area (Å²) in [6, 6.07) is 19.9. The van der Waals surface area contributed by atoms with Crippen molar-refractivity contribution in [3.8, 4) is 0 Å². The topological polar surface area (TPSA) is 15.7 Å². The van der Waals surface area contributed by atoms with Crippen LogP contribution < -0.4 is 0 Å². The number of likely N-dealkylation sites (tertiary alicyclic amines) is 1. The first-order valence-electron chi connectivity index (χ1n) is 9.63. The zero-order valence-corrected chi connectivity index (χ0v) is 15.9. The molecule has 4 rings (SSSR count). The van der Waals surface area contributed by atoms with Crippen LogP contribution in [0.15, 0.2) is 54.6 Å². The molecule has 2 fully saturated rings. The molecule has 0 saturated carbocycles. The average molecular weight is 371 g/mol. The Morgan fingerprint density at radius 3 is 2.38 bits per heavy atom. The van der Waals surface area contributed by atoms with Crippen LogP contribution in [0.1, 0.15) is 23.5 Å². The second-order valence-electron chi connectivity index (χ2n) is 7.38. The Bertz CT molecular complexity index is 685. The molecule has 0 N–H and O–H groups in total. The van der Waals surface area contributed by atoms with E-state index >= 15 is 0 Å². The van der Waals surface area contributed by atoms with Gasteiger partial charge in [0.25, 0.3) is 0 Å². The lowest BCUT2D eigenvalue weighted by atomic mass is 9.84. The summed E-state index contributed by atoms with van der Waals surface area (Å²) < 4.78 is 5.58. The van der Waals surface area contributed by atoms with E-state index in [1.54, 1.807) is 0 Å². The van der Waals surface area contributed by atoms with Crippen molar-refractivity contribution in [2.45, 2.75) is 24.9 Å². The molecule has 0 radical (unpaired) electrons. The van der Waals surface area contributed by atoms with Crippen molar-refractivity contribution in [1.82, 2.24) is 9.80 Å². The Kier molecular flexibility index (Phi) is 5.91. The highest BCUT2D eigenvalue weighted by molar-refractivity contribution is 6.30. The standard InChI is InChI=1S/C22H27ClN2O/c23-20-8-6-19(7-9-20)21-17-24(16-18-4-2-1-3-5-18)11-10-22(21)25-12-14-26-15-13-25/h1-9,21-22H,10-17H2. The van der Waals surface area contributed by atoms with Crippen LogP contribution in [-0.2, 0) is 11.3 Å². The molecule has 2 unspecified atom stereocenters. The number of morpholine rings is 1. The van der Waals surface area contributed by atoms with Crippen molar-refractivity contribution in [1.29, 1.82) is 0 Å². The van der Waals surface area contributed by atoms with Gasteiger partial charge >= 0.3 is 0 Å². The van der Waals surface area contributed by atoms with E-state index in [9.17, 15) is 0 Å². The van der Waals surface area contributed by atoms with Gasteiger partial charge in [-0.3, -0.25) is 9.80 Å². The molecule has 0 aromatic heterocycles. The second kappa shape index (κ2) is 8.53. The molecule has 138 valence electrons. The van der Waals surface area contributed by atoms with Crippen molar-refractivity contribution in [2.75, 3.05) is 39.4 Å². The predicted octanol–water partition coefficient (Wildman–Crippen LogP) is 4.03. The van der Waals surface area contributed by atoms with Crippen LogP contribution in [0.3, 0.4) is 0 Å². The number of hydrogen-bond acceptors (Lipinski definition) is 3. The number of hydrogen-bond donors (Lipinski definition) is 0. The van der Waals surface area contributed by atoms with Gasteiger partial charge in [0.05, 0.1) is 13.2 Å². The molecule has 0 amide bonds. The fraction of sp³-hybridized carbons (Fsp3) is 0.455. The maximum absolute atomic E-state index is 6.13. The first kappa shape index (κ1) is 18.0. The molecule has 2 aromatic rings. The number of rotatable bonds is 4. The highest BCUT2D eigenvalue weighted by Crippen LogP contribution is 2.32. The van der Waals surface area contributed by atoms with Gasteiger partial charge in [0.2, 0.25) is 0 Å². The third-order valence-corrected chi connectivity index (χ3v) is 5.97. The van der Waals surface area contributed by atoms with Gasteiger partial charge in [-0.25, -0.2) is 0 Å². The Morgan fingerprint density at radius 1 is 0.923 bits per heavy atom. The Morgan fingerprint density at radius 2 is 1.65 bits per heavy atom. The molecule has 2 aliphatic rings. The Balaban J connectivity index is 1.53. The summed E-state index contributed by atoms with van der Waals surface area (Å²) in [4.78, 5) is 5.24. The summed E-state index contributed by atoms with van der Waals surface area (Å²) in [5.41, 5.74) is 2.80. The van der Waals surface area contributed by atoms with Crippen LogP contribution in [0.25, 0.3) is 0 Å². The van der Waals surface area contributed by atoms with E-state index in [0.717, 1.165) is 51.0 Å². The monoisotopic (exact) mass is 370 g/mol. The molecule has 2 heterocycles. The maximum Gasteiger partial charge on any atom is 0.0594 e. The normalized spacial score (nSPS) is 25.3. The van der Waals surface area contributed by atoms with E-state index in [2.05, 4.69) is 52.3 Å². The van der Waals surface area contributed by atoms with Gasteiger partial charge in [-0.1, -0.05) is 54.1 Å². The molecule has 3 nitrogen and oxygen atoms in total. The van der Waals surface area contributed by atoms with Crippen molar-refractivity contribution in [3.63, 3.8) is 0 Å². The third kappa shape index (κ3) is 4.29. The summed E-state index contributed by atoms with van der Waals surface area (Å²) in [6.07, 6.45) is 1.21. The zero-order chi connectivity index (χ0) is 17.8. The van der Waals surface area contributed by atoms with E-state index in [-0.39, 0.29) is 0 Å². The SMILES string of the molecule is Clc1ccc(C2CN(Cc3ccccc3)CCC2N2CCOCC2)cc1. The average Bonchev–Trinajstić information content (AvgIpc) is 2.70. The highest BCUT2D eigenvalue weighted by atomic mass is 35.5. The van der Waals surface area contributed by atoms with E-state index < -0.39 is 0 Å². The zero-order valence-electron chi connectivity index (χ0n) is 15.2. The van der Waals surface area contributed by atoms with Crippen LogP contribution in [0.5, 0.6) is 0 Å². The summed E-state index contributed by atoms with van der Waals surface area (Å²) in [6.45, 7) is 7.09. The van der Waals surface area contributed by atoms with Gasteiger partial charge in [0.1, 0.15) is 0 Å².